The van der Waals surface area contributed by atoms with Crippen molar-refractivity contribution in [2.75, 3.05) is 5.43 Å². The molecule has 0 radical (unpaired) electrons. The highest BCUT2D eigenvalue weighted by atomic mass is 35.5. The van der Waals surface area contributed by atoms with Crippen LogP contribution < -0.4 is 5.43 Å². The Hall–Kier alpha value is -2.79. The number of nitrogens with one attached hydrogen (secondary N) is 1. The van der Waals surface area contributed by atoms with Crippen molar-refractivity contribution in [3.05, 3.63) is 71.5 Å². The molecule has 5 nitrogen and oxygen atoms in total. The van der Waals surface area contributed by atoms with Gasteiger partial charge in [-0.25, -0.2) is 4.98 Å². The van der Waals surface area contributed by atoms with Crippen LogP contribution in [0.2, 0.25) is 5.02 Å². The molecule has 23 heavy (non-hydrogen) atoms. The number of hydrogen-bond donors (Lipinski definition) is 1. The van der Waals surface area contributed by atoms with E-state index in [1.54, 1.807) is 18.3 Å². The van der Waals surface area contributed by atoms with Gasteiger partial charge in [0.25, 0.3) is 0 Å². The van der Waals surface area contributed by atoms with Gasteiger partial charge < -0.3 is 0 Å². The molecule has 0 aliphatic heterocycles. The van der Waals surface area contributed by atoms with Crippen molar-refractivity contribution in [3.8, 4) is 11.4 Å². The molecule has 0 unspecified atom stereocenters. The lowest BCUT2D eigenvalue weighted by Gasteiger charge is -2.04. The number of halogens is 1. The third kappa shape index (κ3) is 3.90. The van der Waals surface area contributed by atoms with E-state index in [1.807, 2.05) is 49.4 Å². The number of aromatic nitrogens is 3. The Balaban J connectivity index is 1.80. The standard InChI is InChI=1S/C17H14ClN5/c1-12(21-22-15-9-7-14(18)8-10-15)16-11-19-23-17(20-16)13-5-3-2-4-6-13/h2-11,22H,1H3/b21-12+. The second kappa shape index (κ2) is 6.98. The van der Waals surface area contributed by atoms with Gasteiger partial charge in [0.1, 0.15) is 5.69 Å². The summed E-state index contributed by atoms with van der Waals surface area (Å²) in [5.41, 5.74) is 6.12. The van der Waals surface area contributed by atoms with Crippen molar-refractivity contribution < 1.29 is 0 Å². The Morgan fingerprint density at radius 3 is 2.52 bits per heavy atom. The highest BCUT2D eigenvalue weighted by Gasteiger charge is 2.05. The largest absolute Gasteiger partial charge is 0.278 e. The topological polar surface area (TPSA) is 63.1 Å². The zero-order chi connectivity index (χ0) is 16.1. The molecule has 1 aromatic heterocycles. The maximum Gasteiger partial charge on any atom is 0.182 e. The molecule has 3 rings (SSSR count). The fourth-order valence-corrected chi connectivity index (χ4v) is 2.04. The van der Waals surface area contributed by atoms with Crippen LogP contribution in [0.5, 0.6) is 0 Å². The average molecular weight is 324 g/mol. The number of hydrogen-bond acceptors (Lipinski definition) is 5. The normalized spacial score (nSPS) is 11.3. The molecule has 0 aliphatic carbocycles. The van der Waals surface area contributed by atoms with Crippen LogP contribution in [0, 0.1) is 0 Å². The Morgan fingerprint density at radius 2 is 1.78 bits per heavy atom. The summed E-state index contributed by atoms with van der Waals surface area (Å²) in [5, 5.41) is 13.1. The molecule has 0 bridgehead atoms. The van der Waals surface area contributed by atoms with Gasteiger partial charge in [0.15, 0.2) is 5.82 Å². The minimum absolute atomic E-state index is 0.573. The van der Waals surface area contributed by atoms with E-state index >= 15 is 0 Å². The zero-order valence-corrected chi connectivity index (χ0v) is 13.2. The molecule has 0 fully saturated rings. The summed E-state index contributed by atoms with van der Waals surface area (Å²) in [7, 11) is 0. The average Bonchev–Trinajstić information content (AvgIpc) is 2.62. The van der Waals surface area contributed by atoms with Crippen LogP contribution in [0.1, 0.15) is 12.6 Å². The van der Waals surface area contributed by atoms with E-state index in [1.165, 1.54) is 0 Å². The maximum absolute atomic E-state index is 5.86. The summed E-state index contributed by atoms with van der Waals surface area (Å²) in [6.07, 6.45) is 1.59. The van der Waals surface area contributed by atoms with Gasteiger partial charge in [0.2, 0.25) is 0 Å². The van der Waals surface area contributed by atoms with Gasteiger partial charge in [0, 0.05) is 10.6 Å². The van der Waals surface area contributed by atoms with Gasteiger partial charge in [0.05, 0.1) is 17.6 Å². The second-order valence-corrected chi connectivity index (χ2v) is 5.28. The highest BCUT2D eigenvalue weighted by molar-refractivity contribution is 6.30. The summed E-state index contributed by atoms with van der Waals surface area (Å²) in [5.74, 6) is 0.573. The van der Waals surface area contributed by atoms with Gasteiger partial charge in [-0.3, -0.25) is 5.43 Å². The first-order valence-corrected chi connectivity index (χ1v) is 7.41. The van der Waals surface area contributed by atoms with Crippen molar-refractivity contribution in [2.45, 2.75) is 6.92 Å². The predicted molar refractivity (Wildman–Crippen MR) is 92.5 cm³/mol. The third-order valence-electron chi connectivity index (χ3n) is 3.16. The number of benzene rings is 2. The molecule has 1 heterocycles. The Kier molecular flexibility index (Phi) is 4.59. The lowest BCUT2D eigenvalue weighted by Crippen LogP contribution is -2.05. The van der Waals surface area contributed by atoms with E-state index in [-0.39, 0.29) is 0 Å². The van der Waals surface area contributed by atoms with Crippen LogP contribution >= 0.6 is 11.6 Å². The van der Waals surface area contributed by atoms with Gasteiger partial charge in [-0.2, -0.15) is 10.2 Å². The minimum Gasteiger partial charge on any atom is -0.278 e. The first kappa shape index (κ1) is 15.1. The molecular weight excluding hydrogens is 310 g/mol. The lowest BCUT2D eigenvalue weighted by atomic mass is 10.2. The van der Waals surface area contributed by atoms with Gasteiger partial charge in [-0.05, 0) is 31.2 Å². The van der Waals surface area contributed by atoms with E-state index < -0.39 is 0 Å². The van der Waals surface area contributed by atoms with Gasteiger partial charge in [-0.1, -0.05) is 41.9 Å². The molecule has 0 spiro atoms. The van der Waals surface area contributed by atoms with Crippen molar-refractivity contribution >= 4 is 23.0 Å². The molecular formula is C17H14ClN5. The Bertz CT molecular complexity index is 816. The summed E-state index contributed by atoms with van der Waals surface area (Å²) >= 11 is 5.86. The number of rotatable bonds is 4. The van der Waals surface area contributed by atoms with E-state index in [4.69, 9.17) is 11.6 Å². The molecule has 3 aromatic rings. The quantitative estimate of drug-likeness (QED) is 0.581. The molecule has 114 valence electrons. The van der Waals surface area contributed by atoms with E-state index in [0.717, 1.165) is 11.3 Å². The molecule has 0 amide bonds. The number of nitrogens with zero attached hydrogens (tertiary/aromatic N) is 4. The molecule has 0 atom stereocenters. The summed E-state index contributed by atoms with van der Waals surface area (Å²) in [4.78, 5) is 4.50. The van der Waals surface area contributed by atoms with E-state index in [9.17, 15) is 0 Å². The molecule has 2 aromatic carbocycles. The molecule has 6 heteroatoms. The lowest BCUT2D eigenvalue weighted by molar-refractivity contribution is 0.970. The van der Waals surface area contributed by atoms with Crippen molar-refractivity contribution in [3.63, 3.8) is 0 Å². The first-order valence-electron chi connectivity index (χ1n) is 7.04. The van der Waals surface area contributed by atoms with Crippen LogP contribution in [0.3, 0.4) is 0 Å². The van der Waals surface area contributed by atoms with Crippen molar-refractivity contribution in [1.29, 1.82) is 0 Å². The molecule has 0 saturated heterocycles. The Labute approximate surface area is 139 Å². The fraction of sp³-hybridized carbons (Fsp3) is 0.0588. The second-order valence-electron chi connectivity index (χ2n) is 4.85. The minimum atomic E-state index is 0.573. The highest BCUT2D eigenvalue weighted by Crippen LogP contribution is 2.15. The van der Waals surface area contributed by atoms with Crippen LogP contribution in [-0.2, 0) is 0 Å². The monoisotopic (exact) mass is 323 g/mol. The number of hydrazone groups is 1. The summed E-state index contributed by atoms with van der Waals surface area (Å²) in [6.45, 7) is 1.86. The zero-order valence-electron chi connectivity index (χ0n) is 12.4. The van der Waals surface area contributed by atoms with Crippen molar-refractivity contribution in [1.82, 2.24) is 15.2 Å². The third-order valence-corrected chi connectivity index (χ3v) is 3.41. The van der Waals surface area contributed by atoms with Crippen molar-refractivity contribution in [2.24, 2.45) is 5.10 Å². The smallest absolute Gasteiger partial charge is 0.182 e. The summed E-state index contributed by atoms with van der Waals surface area (Å²) in [6, 6.07) is 17.0. The van der Waals surface area contributed by atoms with Crippen LogP contribution in [0.4, 0.5) is 5.69 Å². The summed E-state index contributed by atoms with van der Waals surface area (Å²) < 4.78 is 0. The maximum atomic E-state index is 5.86. The van der Waals surface area contributed by atoms with Crippen LogP contribution in [-0.4, -0.2) is 20.9 Å². The molecule has 1 N–H and O–H groups in total. The number of anilines is 1. The van der Waals surface area contributed by atoms with E-state index in [2.05, 4.69) is 25.7 Å². The van der Waals surface area contributed by atoms with Gasteiger partial charge >= 0.3 is 0 Å². The van der Waals surface area contributed by atoms with Gasteiger partial charge in [-0.15, -0.1) is 5.10 Å². The molecule has 0 saturated carbocycles. The predicted octanol–water partition coefficient (Wildman–Crippen LogP) is 4.03. The SMILES string of the molecule is C/C(=N\Nc1ccc(Cl)cc1)c1cnnc(-c2ccccc2)n1. The molecule has 0 aliphatic rings. The van der Waals surface area contributed by atoms with E-state index in [0.29, 0.717) is 22.3 Å². The van der Waals surface area contributed by atoms with Crippen LogP contribution in [0.25, 0.3) is 11.4 Å². The Morgan fingerprint density at radius 1 is 1.04 bits per heavy atom. The first-order chi connectivity index (χ1) is 11.2. The van der Waals surface area contributed by atoms with Crippen LogP contribution in [0.15, 0.2) is 65.9 Å². The fourth-order valence-electron chi connectivity index (χ4n) is 1.92.